The minimum Gasteiger partial charge on any atom is -0.492 e. The van der Waals surface area contributed by atoms with Gasteiger partial charge in [-0.15, -0.1) is 0 Å². The maximum Gasteiger partial charge on any atom is 0.141 e. The van der Waals surface area contributed by atoms with Crippen LogP contribution in [0.25, 0.3) is 0 Å². The average Bonchev–Trinajstić information content (AvgIpc) is 2.44. The number of aromatic nitrogens is 1. The standard InChI is InChI=1S/C15H16ClFN2O/c1-3-20-12-6-11(8-19-9-12)15(18-2)10-4-5-14(17)13(16)7-10/h4-9,15,18H,3H2,1-2H3. The van der Waals surface area contributed by atoms with Crippen LogP contribution in [0.3, 0.4) is 0 Å². The molecule has 1 aromatic carbocycles. The van der Waals surface area contributed by atoms with E-state index in [4.69, 9.17) is 16.3 Å². The Morgan fingerprint density at radius 2 is 2.10 bits per heavy atom. The third-order valence-corrected chi connectivity index (χ3v) is 3.23. The molecule has 3 nitrogen and oxygen atoms in total. The van der Waals surface area contributed by atoms with E-state index in [1.807, 2.05) is 20.0 Å². The van der Waals surface area contributed by atoms with E-state index in [2.05, 4.69) is 10.3 Å². The number of nitrogens with zero attached hydrogens (tertiary/aromatic N) is 1. The van der Waals surface area contributed by atoms with Crippen LogP contribution in [-0.4, -0.2) is 18.6 Å². The molecule has 106 valence electrons. The number of pyridine rings is 1. The lowest BCUT2D eigenvalue weighted by atomic mass is 10.0. The van der Waals surface area contributed by atoms with Crippen LogP contribution < -0.4 is 10.1 Å². The van der Waals surface area contributed by atoms with Crippen LogP contribution in [0.2, 0.25) is 5.02 Å². The Balaban J connectivity index is 2.36. The fraction of sp³-hybridized carbons (Fsp3) is 0.267. The van der Waals surface area contributed by atoms with Crippen molar-refractivity contribution in [2.45, 2.75) is 13.0 Å². The van der Waals surface area contributed by atoms with Gasteiger partial charge in [0, 0.05) is 6.20 Å². The Kier molecular flexibility index (Phi) is 4.93. The summed E-state index contributed by atoms with van der Waals surface area (Å²) in [5.41, 5.74) is 1.80. The first-order valence-corrected chi connectivity index (χ1v) is 6.73. The summed E-state index contributed by atoms with van der Waals surface area (Å²) in [4.78, 5) is 4.17. The molecule has 0 bridgehead atoms. The van der Waals surface area contributed by atoms with Crippen LogP contribution in [0, 0.1) is 5.82 Å². The van der Waals surface area contributed by atoms with Gasteiger partial charge in [-0.25, -0.2) is 4.39 Å². The Morgan fingerprint density at radius 1 is 1.30 bits per heavy atom. The molecule has 0 radical (unpaired) electrons. The van der Waals surface area contributed by atoms with Crippen molar-refractivity contribution in [2.75, 3.05) is 13.7 Å². The van der Waals surface area contributed by atoms with Crippen molar-refractivity contribution in [1.82, 2.24) is 10.3 Å². The average molecular weight is 295 g/mol. The van der Waals surface area contributed by atoms with Crippen LogP contribution in [0.15, 0.2) is 36.7 Å². The molecular weight excluding hydrogens is 279 g/mol. The maximum absolute atomic E-state index is 13.2. The predicted molar refractivity (Wildman–Crippen MR) is 77.7 cm³/mol. The first-order valence-electron chi connectivity index (χ1n) is 6.35. The number of ether oxygens (including phenoxy) is 1. The molecule has 1 atom stereocenters. The minimum atomic E-state index is -0.425. The van der Waals surface area contributed by atoms with E-state index in [1.165, 1.54) is 6.07 Å². The molecule has 0 aliphatic heterocycles. The van der Waals surface area contributed by atoms with E-state index >= 15 is 0 Å². The highest BCUT2D eigenvalue weighted by Crippen LogP contribution is 2.27. The van der Waals surface area contributed by atoms with Gasteiger partial charge in [0.1, 0.15) is 11.6 Å². The molecule has 2 rings (SSSR count). The third-order valence-electron chi connectivity index (χ3n) is 2.94. The second-order valence-corrected chi connectivity index (χ2v) is 4.69. The topological polar surface area (TPSA) is 34.1 Å². The van der Waals surface area contributed by atoms with Crippen molar-refractivity contribution in [2.24, 2.45) is 0 Å². The van der Waals surface area contributed by atoms with Gasteiger partial charge >= 0.3 is 0 Å². The van der Waals surface area contributed by atoms with Crippen LogP contribution >= 0.6 is 11.6 Å². The highest BCUT2D eigenvalue weighted by Gasteiger charge is 2.14. The first-order chi connectivity index (χ1) is 9.65. The van der Waals surface area contributed by atoms with Gasteiger partial charge in [-0.2, -0.15) is 0 Å². The van der Waals surface area contributed by atoms with E-state index < -0.39 is 5.82 Å². The molecule has 0 spiro atoms. The largest absolute Gasteiger partial charge is 0.492 e. The van der Waals surface area contributed by atoms with Gasteiger partial charge in [0.2, 0.25) is 0 Å². The number of nitrogens with one attached hydrogen (secondary N) is 1. The summed E-state index contributed by atoms with van der Waals surface area (Å²) < 4.78 is 18.7. The highest BCUT2D eigenvalue weighted by molar-refractivity contribution is 6.30. The molecule has 1 aromatic heterocycles. The van der Waals surface area contributed by atoms with E-state index in [0.717, 1.165) is 11.1 Å². The van der Waals surface area contributed by atoms with Crippen LogP contribution in [0.4, 0.5) is 4.39 Å². The molecule has 2 aromatic rings. The van der Waals surface area contributed by atoms with Gasteiger partial charge in [0.25, 0.3) is 0 Å². The van der Waals surface area contributed by atoms with Crippen molar-refractivity contribution in [1.29, 1.82) is 0 Å². The zero-order valence-corrected chi connectivity index (χ0v) is 12.1. The lowest BCUT2D eigenvalue weighted by Crippen LogP contribution is -2.18. The van der Waals surface area contributed by atoms with Crippen LogP contribution in [-0.2, 0) is 0 Å². The van der Waals surface area contributed by atoms with Crippen LogP contribution in [0.1, 0.15) is 24.1 Å². The van der Waals surface area contributed by atoms with E-state index in [-0.39, 0.29) is 11.1 Å². The second-order valence-electron chi connectivity index (χ2n) is 4.28. The molecule has 0 saturated heterocycles. The summed E-state index contributed by atoms with van der Waals surface area (Å²) in [6.45, 7) is 2.50. The Hall–Kier alpha value is -1.65. The third kappa shape index (κ3) is 3.26. The van der Waals surface area contributed by atoms with Crippen molar-refractivity contribution in [3.05, 3.63) is 58.6 Å². The van der Waals surface area contributed by atoms with Gasteiger partial charge in [-0.1, -0.05) is 17.7 Å². The monoisotopic (exact) mass is 294 g/mol. The Labute approximate surface area is 122 Å². The maximum atomic E-state index is 13.2. The summed E-state index contributed by atoms with van der Waals surface area (Å²) in [5.74, 6) is 0.282. The molecule has 0 aliphatic rings. The number of rotatable bonds is 5. The fourth-order valence-electron chi connectivity index (χ4n) is 2.06. The molecule has 1 N–H and O–H groups in total. The molecule has 1 heterocycles. The zero-order valence-electron chi connectivity index (χ0n) is 11.4. The summed E-state index contributed by atoms with van der Waals surface area (Å²) in [7, 11) is 1.83. The van der Waals surface area contributed by atoms with E-state index in [1.54, 1.807) is 24.5 Å². The Morgan fingerprint density at radius 3 is 2.75 bits per heavy atom. The van der Waals surface area contributed by atoms with Gasteiger partial charge in [0.15, 0.2) is 0 Å². The molecule has 0 fully saturated rings. The van der Waals surface area contributed by atoms with Crippen molar-refractivity contribution < 1.29 is 9.13 Å². The highest BCUT2D eigenvalue weighted by atomic mass is 35.5. The molecule has 0 aliphatic carbocycles. The second kappa shape index (κ2) is 6.68. The smallest absolute Gasteiger partial charge is 0.141 e. The summed E-state index contributed by atoms with van der Waals surface area (Å²) in [6.07, 6.45) is 3.41. The zero-order chi connectivity index (χ0) is 14.5. The molecule has 20 heavy (non-hydrogen) atoms. The lowest BCUT2D eigenvalue weighted by Gasteiger charge is -2.18. The van der Waals surface area contributed by atoms with E-state index in [0.29, 0.717) is 12.4 Å². The van der Waals surface area contributed by atoms with Gasteiger partial charge in [-0.3, -0.25) is 4.98 Å². The normalized spacial score (nSPS) is 12.2. The summed E-state index contributed by atoms with van der Waals surface area (Å²) in [6, 6.07) is 6.47. The number of hydrogen-bond donors (Lipinski definition) is 1. The summed E-state index contributed by atoms with van der Waals surface area (Å²) >= 11 is 5.84. The van der Waals surface area contributed by atoms with Crippen molar-refractivity contribution >= 4 is 11.6 Å². The fourth-order valence-corrected chi connectivity index (χ4v) is 2.25. The number of halogens is 2. The SMILES string of the molecule is CCOc1cncc(C(NC)c2ccc(F)c(Cl)c2)c1. The van der Waals surface area contributed by atoms with Crippen molar-refractivity contribution in [3.63, 3.8) is 0 Å². The van der Waals surface area contributed by atoms with Gasteiger partial charge in [-0.05, 0) is 43.3 Å². The lowest BCUT2D eigenvalue weighted by molar-refractivity contribution is 0.338. The first kappa shape index (κ1) is 14.8. The van der Waals surface area contributed by atoms with Gasteiger partial charge in [0.05, 0.1) is 23.9 Å². The molecule has 5 heteroatoms. The summed E-state index contributed by atoms with van der Waals surface area (Å²) in [5, 5.41) is 3.28. The number of benzene rings is 1. The molecule has 0 amide bonds. The number of hydrogen-bond acceptors (Lipinski definition) is 3. The molecular formula is C15H16ClFN2O. The quantitative estimate of drug-likeness (QED) is 0.915. The predicted octanol–water partition coefficient (Wildman–Crippen LogP) is 3.58. The molecule has 1 unspecified atom stereocenters. The van der Waals surface area contributed by atoms with Crippen LogP contribution in [0.5, 0.6) is 5.75 Å². The van der Waals surface area contributed by atoms with Crippen molar-refractivity contribution in [3.8, 4) is 5.75 Å². The van der Waals surface area contributed by atoms with Gasteiger partial charge < -0.3 is 10.1 Å². The Bertz CT molecular complexity index is 592. The van der Waals surface area contributed by atoms with E-state index in [9.17, 15) is 4.39 Å². The minimum absolute atomic E-state index is 0.108. The molecule has 0 saturated carbocycles.